The van der Waals surface area contributed by atoms with E-state index in [-0.39, 0.29) is 13.2 Å². The van der Waals surface area contributed by atoms with Gasteiger partial charge < -0.3 is 29.8 Å². The molecule has 8 nitrogen and oxygen atoms in total. The van der Waals surface area contributed by atoms with Crippen LogP contribution >= 0.6 is 0 Å². The molecule has 0 radical (unpaired) electrons. The van der Waals surface area contributed by atoms with E-state index in [1.54, 1.807) is 14.2 Å². The smallest absolute Gasteiger partial charge is 0.187 e. The Labute approximate surface area is 208 Å². The van der Waals surface area contributed by atoms with Crippen molar-refractivity contribution in [2.45, 2.75) is 33.8 Å². The van der Waals surface area contributed by atoms with Crippen LogP contribution in [0.1, 0.15) is 31.5 Å². The molecule has 0 bridgehead atoms. The Bertz CT molecular complexity index is 938. The summed E-state index contributed by atoms with van der Waals surface area (Å²) >= 11 is 0. The standard InChI is InChI=1S/C18H18N2O2.C4H8O2.C3H8.C2H5NO/c1-13-3-5-14(6-4-13)18-11-15(12-21)19-20(18)16-7-9-17(22-2)10-8-16;1-3-6-4-5-2;1-3-2;3-1-2-4/h3-11,21H,12H2,1-2H3;3H,1,4H2,2H3;3H2,1-2H3;2H,1,3H2. The third kappa shape index (κ3) is 12.5. The lowest BCUT2D eigenvalue weighted by atomic mass is 10.1. The molecule has 0 saturated carbocycles. The van der Waals surface area contributed by atoms with Crippen molar-refractivity contribution in [3.63, 3.8) is 0 Å². The fourth-order valence-electron chi connectivity index (χ4n) is 2.47. The van der Waals surface area contributed by atoms with Gasteiger partial charge in [0.15, 0.2) is 6.79 Å². The molecule has 2 aromatic carbocycles. The number of aryl methyl sites for hydroxylation is 1. The number of carbonyl (C=O) groups is 1. The van der Waals surface area contributed by atoms with Crippen LogP contribution < -0.4 is 10.5 Å². The van der Waals surface area contributed by atoms with Gasteiger partial charge >= 0.3 is 0 Å². The number of aliphatic hydroxyl groups is 1. The summed E-state index contributed by atoms with van der Waals surface area (Å²) in [5, 5.41) is 13.9. The van der Waals surface area contributed by atoms with Gasteiger partial charge in [-0.25, -0.2) is 4.68 Å². The molecule has 0 atom stereocenters. The van der Waals surface area contributed by atoms with Gasteiger partial charge in [-0.15, -0.1) is 0 Å². The SMILES string of the molecule is C=COCOC.CCC.COc1ccc(-n2nc(CO)cc2-c2ccc(C)cc2)cc1.NCC=O. The minimum absolute atomic E-state index is 0.0813. The Hall–Kier alpha value is -3.46. The number of aliphatic hydroxyl groups excluding tert-OH is 1. The molecule has 3 rings (SSSR count). The molecule has 3 N–H and O–H groups in total. The van der Waals surface area contributed by atoms with Gasteiger partial charge in [-0.05, 0) is 37.3 Å². The first kappa shape index (κ1) is 31.5. The van der Waals surface area contributed by atoms with E-state index in [1.807, 2.05) is 35.0 Å². The van der Waals surface area contributed by atoms with E-state index in [1.165, 1.54) is 18.2 Å². The number of benzene rings is 2. The van der Waals surface area contributed by atoms with Crippen molar-refractivity contribution in [2.24, 2.45) is 5.73 Å². The van der Waals surface area contributed by atoms with Gasteiger partial charge in [-0.1, -0.05) is 56.7 Å². The van der Waals surface area contributed by atoms with Crippen LogP contribution in [0.5, 0.6) is 5.75 Å². The minimum Gasteiger partial charge on any atom is -0.497 e. The molecule has 0 spiro atoms. The summed E-state index contributed by atoms with van der Waals surface area (Å²) in [5.41, 5.74) is 9.46. The Morgan fingerprint density at radius 2 is 1.66 bits per heavy atom. The predicted molar refractivity (Wildman–Crippen MR) is 140 cm³/mol. The number of methoxy groups -OCH3 is 2. The van der Waals surface area contributed by atoms with E-state index in [9.17, 15) is 5.11 Å². The van der Waals surface area contributed by atoms with Crippen molar-refractivity contribution in [3.8, 4) is 22.7 Å². The van der Waals surface area contributed by atoms with Crippen LogP contribution in [0.15, 0.2) is 67.4 Å². The first-order chi connectivity index (χ1) is 16.9. The van der Waals surface area contributed by atoms with Crippen LogP contribution in [0.3, 0.4) is 0 Å². The monoisotopic (exact) mass is 485 g/mol. The van der Waals surface area contributed by atoms with Crippen molar-refractivity contribution >= 4 is 6.29 Å². The van der Waals surface area contributed by atoms with E-state index < -0.39 is 0 Å². The number of hydrogen-bond donors (Lipinski definition) is 2. The fraction of sp³-hybridized carbons (Fsp3) is 0.333. The van der Waals surface area contributed by atoms with E-state index in [0.717, 1.165) is 22.7 Å². The van der Waals surface area contributed by atoms with Crippen molar-refractivity contribution in [1.82, 2.24) is 9.78 Å². The van der Waals surface area contributed by atoms with Gasteiger partial charge in [0.1, 0.15) is 12.0 Å². The topological polar surface area (TPSA) is 109 Å². The molecule has 0 unspecified atom stereocenters. The first-order valence-electron chi connectivity index (χ1n) is 11.2. The molecule has 0 amide bonds. The van der Waals surface area contributed by atoms with Crippen LogP contribution in [0.4, 0.5) is 0 Å². The zero-order valence-electron chi connectivity index (χ0n) is 21.4. The summed E-state index contributed by atoms with van der Waals surface area (Å²) in [5.74, 6) is 0.801. The van der Waals surface area contributed by atoms with E-state index in [2.05, 4.69) is 71.9 Å². The number of aromatic nitrogens is 2. The first-order valence-corrected chi connectivity index (χ1v) is 11.2. The number of carbonyl (C=O) groups excluding carboxylic acids is 1. The lowest BCUT2D eigenvalue weighted by molar-refractivity contribution is -0.106. The average Bonchev–Trinajstić information content (AvgIpc) is 3.33. The quantitative estimate of drug-likeness (QED) is 0.207. The van der Waals surface area contributed by atoms with E-state index in [0.29, 0.717) is 18.8 Å². The van der Waals surface area contributed by atoms with Crippen LogP contribution in [0.2, 0.25) is 0 Å². The predicted octanol–water partition coefficient (Wildman–Crippen LogP) is 4.66. The summed E-state index contributed by atoms with van der Waals surface area (Å²) in [6.07, 6.45) is 3.24. The van der Waals surface area contributed by atoms with Gasteiger partial charge in [0.05, 0.1) is 37.1 Å². The second-order valence-corrected chi connectivity index (χ2v) is 7.00. The third-order valence-corrected chi connectivity index (χ3v) is 3.99. The highest BCUT2D eigenvalue weighted by atomic mass is 16.7. The molecule has 1 heterocycles. The zero-order chi connectivity index (χ0) is 26.5. The lowest BCUT2D eigenvalue weighted by Crippen LogP contribution is -2.00. The summed E-state index contributed by atoms with van der Waals surface area (Å²) in [6, 6.07) is 17.9. The molecule has 35 heavy (non-hydrogen) atoms. The van der Waals surface area contributed by atoms with E-state index >= 15 is 0 Å². The van der Waals surface area contributed by atoms with Crippen molar-refractivity contribution < 1.29 is 24.1 Å². The third-order valence-electron chi connectivity index (χ3n) is 3.99. The summed E-state index contributed by atoms with van der Waals surface area (Å²) in [7, 11) is 3.20. The highest BCUT2D eigenvalue weighted by Gasteiger charge is 2.11. The molecule has 1 aromatic heterocycles. The molecule has 0 fully saturated rings. The molecule has 8 heteroatoms. The van der Waals surface area contributed by atoms with Gasteiger partial charge in [-0.3, -0.25) is 0 Å². The van der Waals surface area contributed by atoms with Crippen molar-refractivity contribution in [1.29, 1.82) is 0 Å². The van der Waals surface area contributed by atoms with Gasteiger partial charge in [0.25, 0.3) is 0 Å². The Balaban J connectivity index is 0.000000740. The fourth-order valence-corrected chi connectivity index (χ4v) is 2.47. The highest BCUT2D eigenvalue weighted by Crippen LogP contribution is 2.25. The number of nitrogens with zero attached hydrogens (tertiary/aromatic N) is 2. The van der Waals surface area contributed by atoms with Crippen LogP contribution in [-0.2, 0) is 20.9 Å². The maximum atomic E-state index is 9.40. The normalized spacial score (nSPS) is 9.23. The second-order valence-electron chi connectivity index (χ2n) is 7.00. The number of hydrogen-bond acceptors (Lipinski definition) is 7. The molecule has 3 aromatic rings. The maximum absolute atomic E-state index is 9.40. The van der Waals surface area contributed by atoms with Crippen molar-refractivity contribution in [3.05, 3.63) is 78.7 Å². The van der Waals surface area contributed by atoms with Crippen LogP contribution in [0, 0.1) is 6.92 Å². The summed E-state index contributed by atoms with van der Waals surface area (Å²) < 4.78 is 16.0. The van der Waals surface area contributed by atoms with Crippen molar-refractivity contribution in [2.75, 3.05) is 27.6 Å². The van der Waals surface area contributed by atoms with Gasteiger partial charge in [0, 0.05) is 19.2 Å². The minimum atomic E-state index is -0.0813. The highest BCUT2D eigenvalue weighted by molar-refractivity contribution is 5.63. The van der Waals surface area contributed by atoms with E-state index in [4.69, 9.17) is 9.53 Å². The Morgan fingerprint density at radius 1 is 1.09 bits per heavy atom. The van der Waals surface area contributed by atoms with Gasteiger partial charge in [0.2, 0.25) is 0 Å². The largest absolute Gasteiger partial charge is 0.497 e. The number of ether oxygens (including phenoxy) is 3. The van der Waals surface area contributed by atoms with Crippen LogP contribution in [-0.4, -0.2) is 48.7 Å². The number of rotatable bonds is 8. The van der Waals surface area contributed by atoms with Gasteiger partial charge in [-0.2, -0.15) is 5.10 Å². The summed E-state index contributed by atoms with van der Waals surface area (Å²) in [6.45, 7) is 9.96. The molecule has 192 valence electrons. The molecule has 0 aliphatic rings. The average molecular weight is 486 g/mol. The lowest BCUT2D eigenvalue weighted by Gasteiger charge is -2.09. The molecule has 0 saturated heterocycles. The number of nitrogens with two attached hydrogens (primary N) is 1. The Kier molecular flexibility index (Phi) is 18.0. The molecule has 0 aliphatic heterocycles. The number of aldehydes is 1. The Morgan fingerprint density at radius 3 is 2.06 bits per heavy atom. The zero-order valence-corrected chi connectivity index (χ0v) is 21.4. The molecular weight excluding hydrogens is 446 g/mol. The maximum Gasteiger partial charge on any atom is 0.187 e. The summed E-state index contributed by atoms with van der Waals surface area (Å²) in [4.78, 5) is 9.05. The molecular formula is C27H39N3O5. The molecule has 0 aliphatic carbocycles. The second kappa shape index (κ2) is 20.0. The van der Waals surface area contributed by atoms with Crippen LogP contribution in [0.25, 0.3) is 16.9 Å².